The molecule has 2 N–H and O–H groups in total. The molecule has 0 bridgehead atoms. The summed E-state index contributed by atoms with van der Waals surface area (Å²) in [6, 6.07) is 26.3. The molecule has 0 aliphatic heterocycles. The molecule has 0 radical (unpaired) electrons. The quantitative estimate of drug-likeness (QED) is 0.214. The number of rotatable bonds is 9. The van der Waals surface area contributed by atoms with Crippen LogP contribution in [0.15, 0.2) is 89.9 Å². The third-order valence-corrected chi connectivity index (χ3v) is 7.83. The highest BCUT2D eigenvalue weighted by Crippen LogP contribution is 2.27. The molecule has 192 valence electrons. The number of anilines is 1. The Balaban J connectivity index is 1.45. The molecule has 2 heterocycles. The predicted octanol–water partition coefficient (Wildman–Crippen LogP) is 6.91. The molecule has 5 aromatic rings. The SMILES string of the molecule is CCCCc1nc(C)n(Cc2cnc(-c3ccccc3)s2)c(=O)c1Cc1ccc(-c2ccccc2N)cc1. The molecular weight excluding hydrogens is 488 g/mol. The van der Waals surface area contributed by atoms with Gasteiger partial charge < -0.3 is 5.73 Å². The number of aromatic nitrogens is 3. The molecule has 2 aromatic heterocycles. The first-order valence-corrected chi connectivity index (χ1v) is 13.9. The standard InChI is InChI=1S/C32H32N4OS/c1-3-4-14-30-28(19-23-15-17-24(18-16-23)27-12-8-9-13-29(27)33)32(37)36(22(2)35-30)21-26-20-34-31(38-26)25-10-6-5-7-11-25/h5-13,15-18,20H,3-4,14,19,21,33H2,1-2H3. The number of benzene rings is 3. The van der Waals surface area contributed by atoms with Crippen LogP contribution in [0.4, 0.5) is 5.69 Å². The van der Waals surface area contributed by atoms with Gasteiger partial charge in [0.15, 0.2) is 0 Å². The number of nitrogen functional groups attached to an aromatic ring is 1. The van der Waals surface area contributed by atoms with Gasteiger partial charge in [-0.3, -0.25) is 9.36 Å². The minimum Gasteiger partial charge on any atom is -0.398 e. The number of para-hydroxylation sites is 1. The van der Waals surface area contributed by atoms with Crippen molar-refractivity contribution in [3.05, 3.63) is 123 Å². The molecule has 3 aromatic carbocycles. The summed E-state index contributed by atoms with van der Waals surface area (Å²) in [4.78, 5) is 24.5. The molecule has 0 aliphatic carbocycles. The Bertz CT molecular complexity index is 1590. The maximum absolute atomic E-state index is 13.9. The number of nitrogens with zero attached hydrogens (tertiary/aromatic N) is 3. The van der Waals surface area contributed by atoms with Gasteiger partial charge in [-0.25, -0.2) is 9.97 Å². The summed E-state index contributed by atoms with van der Waals surface area (Å²) in [6.07, 6.45) is 5.29. The van der Waals surface area contributed by atoms with Gasteiger partial charge in [0.25, 0.3) is 5.56 Å². The minimum atomic E-state index is 0.0367. The van der Waals surface area contributed by atoms with Crippen LogP contribution < -0.4 is 11.3 Å². The fourth-order valence-corrected chi connectivity index (χ4v) is 5.59. The van der Waals surface area contributed by atoms with E-state index in [0.29, 0.717) is 13.0 Å². The van der Waals surface area contributed by atoms with E-state index in [4.69, 9.17) is 10.7 Å². The van der Waals surface area contributed by atoms with Crippen LogP contribution in [0.3, 0.4) is 0 Å². The van der Waals surface area contributed by atoms with E-state index in [2.05, 4.69) is 48.3 Å². The molecule has 5 nitrogen and oxygen atoms in total. The van der Waals surface area contributed by atoms with Gasteiger partial charge in [0.2, 0.25) is 0 Å². The number of unbranched alkanes of at least 4 members (excludes halogenated alkanes) is 1. The number of hydrogen-bond donors (Lipinski definition) is 1. The van der Waals surface area contributed by atoms with Crippen LogP contribution in [-0.4, -0.2) is 14.5 Å². The first-order chi connectivity index (χ1) is 18.5. The van der Waals surface area contributed by atoms with Crippen LogP contribution in [0.1, 0.15) is 47.3 Å². The summed E-state index contributed by atoms with van der Waals surface area (Å²) in [5.74, 6) is 0.745. The number of aryl methyl sites for hydroxylation is 2. The summed E-state index contributed by atoms with van der Waals surface area (Å²) in [5.41, 5.74) is 12.9. The van der Waals surface area contributed by atoms with Gasteiger partial charge in [0.1, 0.15) is 10.8 Å². The average molecular weight is 521 g/mol. The molecule has 0 fully saturated rings. The Kier molecular flexibility index (Phi) is 7.80. The molecule has 6 heteroatoms. The van der Waals surface area contributed by atoms with Crippen molar-refractivity contribution in [1.82, 2.24) is 14.5 Å². The zero-order chi connectivity index (χ0) is 26.5. The van der Waals surface area contributed by atoms with Crippen LogP contribution in [0.2, 0.25) is 0 Å². The molecule has 5 rings (SSSR count). The van der Waals surface area contributed by atoms with Crippen LogP contribution in [0.25, 0.3) is 21.7 Å². The first kappa shape index (κ1) is 25.6. The molecule has 38 heavy (non-hydrogen) atoms. The Labute approximate surface area is 227 Å². The summed E-state index contributed by atoms with van der Waals surface area (Å²) in [7, 11) is 0. The molecule has 0 spiro atoms. The lowest BCUT2D eigenvalue weighted by Gasteiger charge is -2.15. The third kappa shape index (κ3) is 5.60. The summed E-state index contributed by atoms with van der Waals surface area (Å²) < 4.78 is 1.80. The van der Waals surface area contributed by atoms with E-state index in [9.17, 15) is 4.79 Å². The fraction of sp³-hybridized carbons (Fsp3) is 0.219. The molecule has 0 amide bonds. The van der Waals surface area contributed by atoms with Crippen LogP contribution >= 0.6 is 11.3 Å². The van der Waals surface area contributed by atoms with Gasteiger partial charge in [-0.05, 0) is 37.0 Å². The molecule has 0 atom stereocenters. The smallest absolute Gasteiger partial charge is 0.257 e. The van der Waals surface area contributed by atoms with E-state index in [1.54, 1.807) is 15.9 Å². The Hall–Kier alpha value is -4.03. The van der Waals surface area contributed by atoms with Gasteiger partial charge >= 0.3 is 0 Å². The van der Waals surface area contributed by atoms with Crippen molar-refractivity contribution in [2.45, 2.75) is 46.1 Å². The maximum Gasteiger partial charge on any atom is 0.257 e. The van der Waals surface area contributed by atoms with Crippen LogP contribution in [-0.2, 0) is 19.4 Å². The average Bonchev–Trinajstić information content (AvgIpc) is 3.42. The second kappa shape index (κ2) is 11.6. The van der Waals surface area contributed by atoms with Gasteiger partial charge in [-0.2, -0.15) is 0 Å². The first-order valence-electron chi connectivity index (χ1n) is 13.1. The number of thiazole rings is 1. The molecule has 0 saturated carbocycles. The number of hydrogen-bond acceptors (Lipinski definition) is 5. The Morgan fingerprint density at radius 3 is 2.39 bits per heavy atom. The van der Waals surface area contributed by atoms with E-state index in [1.807, 2.05) is 55.6 Å². The highest BCUT2D eigenvalue weighted by molar-refractivity contribution is 7.15. The molecular formula is C32H32N4OS. The maximum atomic E-state index is 13.9. The normalized spacial score (nSPS) is 11.1. The highest BCUT2D eigenvalue weighted by atomic mass is 32.1. The van der Waals surface area contributed by atoms with Gasteiger partial charge in [-0.1, -0.05) is 86.1 Å². The topological polar surface area (TPSA) is 73.8 Å². The van der Waals surface area contributed by atoms with Gasteiger partial charge in [-0.15, -0.1) is 11.3 Å². The van der Waals surface area contributed by atoms with E-state index in [-0.39, 0.29) is 5.56 Å². The fourth-order valence-electron chi connectivity index (χ4n) is 4.69. The summed E-state index contributed by atoms with van der Waals surface area (Å²) in [5, 5.41) is 0.957. The summed E-state index contributed by atoms with van der Waals surface area (Å²) >= 11 is 1.62. The molecule has 0 aliphatic rings. The Morgan fingerprint density at radius 1 is 0.921 bits per heavy atom. The third-order valence-electron chi connectivity index (χ3n) is 6.80. The van der Waals surface area contributed by atoms with Gasteiger partial charge in [0, 0.05) is 39.9 Å². The van der Waals surface area contributed by atoms with E-state index in [1.165, 1.54) is 0 Å². The predicted molar refractivity (Wildman–Crippen MR) is 158 cm³/mol. The van der Waals surface area contributed by atoms with E-state index >= 15 is 0 Å². The largest absolute Gasteiger partial charge is 0.398 e. The van der Waals surface area contributed by atoms with Crippen LogP contribution in [0.5, 0.6) is 0 Å². The van der Waals surface area contributed by atoms with Crippen molar-refractivity contribution >= 4 is 17.0 Å². The lowest BCUT2D eigenvalue weighted by Crippen LogP contribution is -2.29. The number of nitrogens with two attached hydrogens (primary N) is 1. The van der Waals surface area contributed by atoms with Crippen molar-refractivity contribution in [1.29, 1.82) is 0 Å². The second-order valence-electron chi connectivity index (χ2n) is 9.54. The van der Waals surface area contributed by atoms with Crippen molar-refractivity contribution in [3.63, 3.8) is 0 Å². The zero-order valence-corrected chi connectivity index (χ0v) is 22.7. The van der Waals surface area contributed by atoms with Crippen molar-refractivity contribution in [3.8, 4) is 21.7 Å². The lowest BCUT2D eigenvalue weighted by atomic mass is 9.98. The van der Waals surface area contributed by atoms with Crippen molar-refractivity contribution in [2.75, 3.05) is 5.73 Å². The van der Waals surface area contributed by atoms with Crippen LogP contribution in [0, 0.1) is 6.92 Å². The highest BCUT2D eigenvalue weighted by Gasteiger charge is 2.17. The Morgan fingerprint density at radius 2 is 1.66 bits per heavy atom. The van der Waals surface area contributed by atoms with E-state index in [0.717, 1.165) is 74.2 Å². The van der Waals surface area contributed by atoms with E-state index < -0.39 is 0 Å². The zero-order valence-electron chi connectivity index (χ0n) is 21.9. The minimum absolute atomic E-state index is 0.0367. The molecule has 0 unspecified atom stereocenters. The molecule has 0 saturated heterocycles. The monoisotopic (exact) mass is 520 g/mol. The van der Waals surface area contributed by atoms with Gasteiger partial charge in [0.05, 0.1) is 12.2 Å². The van der Waals surface area contributed by atoms with Crippen molar-refractivity contribution < 1.29 is 0 Å². The lowest BCUT2D eigenvalue weighted by molar-refractivity contribution is 0.666. The second-order valence-corrected chi connectivity index (χ2v) is 10.7. The summed E-state index contributed by atoms with van der Waals surface area (Å²) in [6.45, 7) is 4.56. The van der Waals surface area contributed by atoms with Crippen molar-refractivity contribution in [2.24, 2.45) is 0 Å².